The zero-order valence-corrected chi connectivity index (χ0v) is 8.98. The highest BCUT2D eigenvalue weighted by Gasteiger charge is 2.58. The number of likely N-dealkylation sites (N-methyl/N-ethyl adjacent to an activating group) is 3. The lowest BCUT2D eigenvalue weighted by Gasteiger charge is -2.42. The van der Waals surface area contributed by atoms with E-state index in [0.717, 1.165) is 12.8 Å². The van der Waals surface area contributed by atoms with E-state index in [4.69, 9.17) is 0 Å². The lowest BCUT2D eigenvalue weighted by atomic mass is 9.87. The molecule has 5 heteroatoms. The molecule has 14 heavy (non-hydrogen) atoms. The van der Waals surface area contributed by atoms with Crippen LogP contribution >= 0.6 is 0 Å². The van der Waals surface area contributed by atoms with Crippen molar-refractivity contribution in [3.63, 3.8) is 0 Å². The summed E-state index contributed by atoms with van der Waals surface area (Å²) in [7, 11) is 5.27. The highest BCUT2D eigenvalue weighted by molar-refractivity contribution is 5.81. The summed E-state index contributed by atoms with van der Waals surface area (Å²) in [6.45, 7) is 0. The maximum Gasteiger partial charge on any atom is 0.327 e. The van der Waals surface area contributed by atoms with E-state index in [9.17, 15) is 9.90 Å². The van der Waals surface area contributed by atoms with Gasteiger partial charge in [0.25, 0.3) is 0 Å². The quantitative estimate of drug-likeness (QED) is 0.455. The average molecular weight is 201 g/mol. The molecule has 0 aliphatic heterocycles. The summed E-state index contributed by atoms with van der Waals surface area (Å²) in [5, 5.41) is 18.5. The standard InChI is InChI=1S/C9H19N3O2/c1-10-8(7(13)14)5-4-6-9(8,11-2)12-3/h10-12H,4-6H2,1-3H3,(H,13,14). The monoisotopic (exact) mass is 201 g/mol. The molecular formula is C9H19N3O2. The van der Waals surface area contributed by atoms with Crippen molar-refractivity contribution in [2.24, 2.45) is 0 Å². The Balaban J connectivity index is 3.10. The number of hydrogen-bond donors (Lipinski definition) is 4. The number of carbonyl (C=O) groups is 1. The van der Waals surface area contributed by atoms with E-state index in [1.165, 1.54) is 0 Å². The first-order chi connectivity index (χ1) is 6.58. The van der Waals surface area contributed by atoms with Crippen molar-refractivity contribution < 1.29 is 9.90 Å². The van der Waals surface area contributed by atoms with E-state index in [2.05, 4.69) is 16.0 Å². The molecule has 0 saturated heterocycles. The third-order valence-corrected chi connectivity index (χ3v) is 3.48. The Kier molecular flexibility index (Phi) is 3.14. The smallest absolute Gasteiger partial charge is 0.327 e. The molecular weight excluding hydrogens is 182 g/mol. The number of carboxylic acid groups (broad SMARTS) is 1. The molecule has 0 bridgehead atoms. The Morgan fingerprint density at radius 2 is 1.71 bits per heavy atom. The molecule has 0 spiro atoms. The summed E-state index contributed by atoms with van der Waals surface area (Å²) in [6, 6.07) is 0. The number of carboxylic acids is 1. The Hall–Kier alpha value is -0.650. The second-order valence-corrected chi connectivity index (χ2v) is 3.72. The van der Waals surface area contributed by atoms with Gasteiger partial charge in [0.2, 0.25) is 0 Å². The summed E-state index contributed by atoms with van der Waals surface area (Å²) < 4.78 is 0. The van der Waals surface area contributed by atoms with Crippen LogP contribution in [0.1, 0.15) is 19.3 Å². The molecule has 1 unspecified atom stereocenters. The average Bonchev–Trinajstić information content (AvgIpc) is 2.57. The van der Waals surface area contributed by atoms with Crippen molar-refractivity contribution in [2.45, 2.75) is 30.5 Å². The maximum atomic E-state index is 11.3. The molecule has 1 atom stereocenters. The van der Waals surface area contributed by atoms with E-state index in [1.807, 2.05) is 0 Å². The molecule has 5 nitrogen and oxygen atoms in total. The molecule has 1 saturated carbocycles. The Bertz CT molecular complexity index is 228. The van der Waals surface area contributed by atoms with Crippen molar-refractivity contribution in [2.75, 3.05) is 21.1 Å². The molecule has 1 fully saturated rings. The minimum absolute atomic E-state index is 0.548. The molecule has 1 aliphatic carbocycles. The van der Waals surface area contributed by atoms with Crippen molar-refractivity contribution in [1.82, 2.24) is 16.0 Å². The van der Waals surface area contributed by atoms with Crippen LogP contribution in [0.25, 0.3) is 0 Å². The minimum Gasteiger partial charge on any atom is -0.480 e. The van der Waals surface area contributed by atoms with Gasteiger partial charge in [-0.15, -0.1) is 0 Å². The summed E-state index contributed by atoms with van der Waals surface area (Å²) in [5.41, 5.74) is -1.45. The van der Waals surface area contributed by atoms with Crippen LogP contribution in [0, 0.1) is 0 Å². The van der Waals surface area contributed by atoms with Crippen LogP contribution in [-0.2, 0) is 4.79 Å². The summed E-state index contributed by atoms with van der Waals surface area (Å²) in [4.78, 5) is 11.3. The normalized spacial score (nSPS) is 30.5. The Morgan fingerprint density at radius 1 is 1.14 bits per heavy atom. The van der Waals surface area contributed by atoms with Crippen LogP contribution < -0.4 is 16.0 Å². The predicted octanol–water partition coefficient (Wildman–Crippen LogP) is -0.652. The van der Waals surface area contributed by atoms with Gasteiger partial charge in [-0.2, -0.15) is 0 Å². The van der Waals surface area contributed by atoms with E-state index in [-0.39, 0.29) is 0 Å². The molecule has 0 aromatic carbocycles. The van der Waals surface area contributed by atoms with Gasteiger partial charge >= 0.3 is 5.97 Å². The van der Waals surface area contributed by atoms with E-state index >= 15 is 0 Å². The first-order valence-electron chi connectivity index (χ1n) is 4.88. The number of aliphatic carboxylic acids is 1. The molecule has 0 aromatic rings. The minimum atomic E-state index is -0.906. The van der Waals surface area contributed by atoms with Gasteiger partial charge in [0.1, 0.15) is 5.54 Å². The number of hydrogen-bond acceptors (Lipinski definition) is 4. The molecule has 82 valence electrons. The van der Waals surface area contributed by atoms with Gasteiger partial charge in [0, 0.05) is 0 Å². The van der Waals surface area contributed by atoms with Crippen LogP contribution in [0.3, 0.4) is 0 Å². The van der Waals surface area contributed by atoms with Crippen molar-refractivity contribution in [3.8, 4) is 0 Å². The third-order valence-electron chi connectivity index (χ3n) is 3.48. The van der Waals surface area contributed by atoms with Crippen LogP contribution in [0.2, 0.25) is 0 Å². The van der Waals surface area contributed by atoms with Crippen molar-refractivity contribution in [3.05, 3.63) is 0 Å². The van der Waals surface area contributed by atoms with E-state index < -0.39 is 17.2 Å². The molecule has 4 N–H and O–H groups in total. The second kappa shape index (κ2) is 3.84. The van der Waals surface area contributed by atoms with Gasteiger partial charge in [-0.05, 0) is 40.4 Å². The van der Waals surface area contributed by atoms with E-state index in [1.54, 1.807) is 21.1 Å². The van der Waals surface area contributed by atoms with Gasteiger partial charge in [0.05, 0.1) is 5.66 Å². The SMILES string of the molecule is CNC1(NC)CCCC1(NC)C(=O)O. The van der Waals surface area contributed by atoms with Crippen LogP contribution in [0.4, 0.5) is 0 Å². The third kappa shape index (κ3) is 1.24. The van der Waals surface area contributed by atoms with Crippen molar-refractivity contribution in [1.29, 1.82) is 0 Å². The largest absolute Gasteiger partial charge is 0.480 e. The lowest BCUT2D eigenvalue weighted by molar-refractivity contribution is -0.148. The highest BCUT2D eigenvalue weighted by atomic mass is 16.4. The summed E-state index contributed by atoms with van der Waals surface area (Å²) in [6.07, 6.45) is 2.35. The van der Waals surface area contributed by atoms with Crippen LogP contribution in [-0.4, -0.2) is 43.4 Å². The molecule has 1 aliphatic rings. The molecule has 1 rings (SSSR count). The van der Waals surface area contributed by atoms with Gasteiger partial charge in [0.15, 0.2) is 0 Å². The Labute approximate surface area is 84.3 Å². The predicted molar refractivity (Wildman–Crippen MR) is 54.1 cm³/mol. The number of nitrogens with one attached hydrogen (secondary N) is 3. The van der Waals surface area contributed by atoms with Crippen LogP contribution in [0.5, 0.6) is 0 Å². The van der Waals surface area contributed by atoms with Gasteiger partial charge in [-0.3, -0.25) is 4.79 Å². The highest BCUT2D eigenvalue weighted by Crippen LogP contribution is 2.37. The van der Waals surface area contributed by atoms with Crippen LogP contribution in [0.15, 0.2) is 0 Å². The molecule has 0 radical (unpaired) electrons. The zero-order valence-electron chi connectivity index (χ0n) is 8.98. The van der Waals surface area contributed by atoms with Gasteiger partial charge in [-0.25, -0.2) is 0 Å². The first-order valence-corrected chi connectivity index (χ1v) is 4.88. The summed E-state index contributed by atoms with van der Waals surface area (Å²) >= 11 is 0. The fourth-order valence-corrected chi connectivity index (χ4v) is 2.58. The maximum absolute atomic E-state index is 11.3. The Morgan fingerprint density at radius 3 is 2.00 bits per heavy atom. The molecule has 0 amide bonds. The topological polar surface area (TPSA) is 73.4 Å². The summed E-state index contributed by atoms with van der Waals surface area (Å²) in [5.74, 6) is -0.804. The second-order valence-electron chi connectivity index (χ2n) is 3.72. The van der Waals surface area contributed by atoms with Gasteiger partial charge < -0.3 is 21.1 Å². The van der Waals surface area contributed by atoms with Crippen molar-refractivity contribution >= 4 is 5.97 Å². The first kappa shape index (κ1) is 11.4. The fourth-order valence-electron chi connectivity index (χ4n) is 2.58. The molecule has 0 aromatic heterocycles. The fraction of sp³-hybridized carbons (Fsp3) is 0.889. The number of rotatable bonds is 4. The lowest BCUT2D eigenvalue weighted by Crippen LogP contribution is -2.74. The zero-order chi connectivity index (χ0) is 10.8. The van der Waals surface area contributed by atoms with E-state index in [0.29, 0.717) is 6.42 Å². The van der Waals surface area contributed by atoms with Gasteiger partial charge in [-0.1, -0.05) is 0 Å². The molecule has 0 heterocycles.